The Kier molecular flexibility index (Phi) is 7.72. The van der Waals surface area contributed by atoms with Gasteiger partial charge in [-0.25, -0.2) is 8.42 Å². The molecule has 200 valence electrons. The first-order valence-electron chi connectivity index (χ1n) is 12.9. The number of ether oxygens (including phenoxy) is 3. The Hall–Kier alpha value is -3.36. The lowest BCUT2D eigenvalue weighted by Crippen LogP contribution is -2.10. The summed E-state index contributed by atoms with van der Waals surface area (Å²) in [4.78, 5) is 12.0. The topological polar surface area (TPSA) is 90.9 Å². The molecule has 1 aliphatic carbocycles. The van der Waals surface area contributed by atoms with Crippen LogP contribution in [0.3, 0.4) is 0 Å². The van der Waals surface area contributed by atoms with Gasteiger partial charge in [-0.3, -0.25) is 4.79 Å². The van der Waals surface area contributed by atoms with E-state index in [1.54, 1.807) is 6.07 Å². The smallest absolute Gasteiger partial charge is 0.314 e. The molecule has 5 rings (SSSR count). The molecule has 1 heterocycles. The van der Waals surface area contributed by atoms with Gasteiger partial charge in [-0.1, -0.05) is 18.2 Å². The summed E-state index contributed by atoms with van der Waals surface area (Å²) < 4.78 is 40.1. The average Bonchev–Trinajstić information content (AvgIpc) is 3.72. The Morgan fingerprint density at radius 3 is 2.63 bits per heavy atom. The Labute approximate surface area is 224 Å². The van der Waals surface area contributed by atoms with Crippen molar-refractivity contribution in [2.24, 2.45) is 5.92 Å². The van der Waals surface area contributed by atoms with E-state index in [0.717, 1.165) is 57.7 Å². The predicted molar refractivity (Wildman–Crippen MR) is 147 cm³/mol. The normalized spacial score (nSPS) is 14.7. The molecule has 38 heavy (non-hydrogen) atoms. The van der Waals surface area contributed by atoms with E-state index in [1.165, 1.54) is 6.26 Å². The SMILES string of the molecule is Cc1cc(OCCCS(C)(=O)=O)cc2c1-c1cc(CNc3cccc(OC(=O)C4CC4)c3)ccc1COC2. The van der Waals surface area contributed by atoms with E-state index in [9.17, 15) is 13.2 Å². The molecule has 2 aliphatic rings. The van der Waals surface area contributed by atoms with Crippen molar-refractivity contribution in [3.05, 3.63) is 76.9 Å². The first-order chi connectivity index (χ1) is 18.2. The molecule has 3 aromatic carbocycles. The van der Waals surface area contributed by atoms with Crippen molar-refractivity contribution in [3.63, 3.8) is 0 Å². The van der Waals surface area contributed by atoms with Crippen LogP contribution >= 0.6 is 0 Å². The van der Waals surface area contributed by atoms with Crippen LogP contribution in [0.15, 0.2) is 54.6 Å². The number of nitrogens with one attached hydrogen (secondary N) is 1. The molecule has 0 saturated heterocycles. The molecule has 0 spiro atoms. The fourth-order valence-electron chi connectivity index (χ4n) is 4.67. The standard InChI is InChI=1S/C30H33NO6S/c1-20-13-27(36-11-4-12-38(2,33)34)15-24-19-35-18-23-8-7-21(14-28(23)29(20)24)17-31-25-5-3-6-26(16-25)37-30(32)22-9-10-22/h3,5-8,13-16,22,31H,4,9-12,17-19H2,1-2H3. The number of anilines is 1. The van der Waals surface area contributed by atoms with Crippen molar-refractivity contribution < 1.29 is 27.4 Å². The van der Waals surface area contributed by atoms with Gasteiger partial charge >= 0.3 is 5.97 Å². The van der Waals surface area contributed by atoms with Gasteiger partial charge in [-0.05, 0) is 89.9 Å². The van der Waals surface area contributed by atoms with Crippen molar-refractivity contribution in [1.82, 2.24) is 0 Å². The van der Waals surface area contributed by atoms with E-state index < -0.39 is 9.84 Å². The second-order valence-electron chi connectivity index (χ2n) is 10.2. The van der Waals surface area contributed by atoms with Gasteiger partial charge in [0.05, 0.1) is 31.5 Å². The minimum absolute atomic E-state index is 0.0593. The fourth-order valence-corrected chi connectivity index (χ4v) is 5.32. The molecule has 0 amide bonds. The zero-order chi connectivity index (χ0) is 26.7. The van der Waals surface area contributed by atoms with Gasteiger partial charge in [0.15, 0.2) is 0 Å². The number of sulfone groups is 1. The number of rotatable bonds is 10. The molecular formula is C30H33NO6S. The Morgan fingerprint density at radius 2 is 1.84 bits per heavy atom. The molecule has 7 nitrogen and oxygen atoms in total. The van der Waals surface area contributed by atoms with Crippen molar-refractivity contribution in [2.75, 3.05) is 23.9 Å². The van der Waals surface area contributed by atoms with E-state index in [1.807, 2.05) is 30.3 Å². The van der Waals surface area contributed by atoms with E-state index in [-0.39, 0.29) is 17.6 Å². The number of hydrogen-bond acceptors (Lipinski definition) is 7. The molecule has 1 N–H and O–H groups in total. The van der Waals surface area contributed by atoms with Crippen LogP contribution in [0.4, 0.5) is 5.69 Å². The number of carbonyl (C=O) groups excluding carboxylic acids is 1. The lowest BCUT2D eigenvalue weighted by atomic mass is 9.91. The van der Waals surface area contributed by atoms with Crippen LogP contribution in [0.1, 0.15) is 41.5 Å². The molecular weight excluding hydrogens is 502 g/mol. The Bertz CT molecular complexity index is 1450. The molecule has 0 aromatic heterocycles. The number of esters is 1. The summed E-state index contributed by atoms with van der Waals surface area (Å²) in [5.41, 5.74) is 7.57. The molecule has 8 heteroatoms. The summed E-state index contributed by atoms with van der Waals surface area (Å²) in [6.07, 6.45) is 3.53. The molecule has 1 saturated carbocycles. The summed E-state index contributed by atoms with van der Waals surface area (Å²) in [6, 6.07) is 17.9. The van der Waals surface area contributed by atoms with Gasteiger partial charge in [-0.2, -0.15) is 0 Å². The predicted octanol–water partition coefficient (Wildman–Crippen LogP) is 5.43. The molecule has 0 bridgehead atoms. The summed E-state index contributed by atoms with van der Waals surface area (Å²) >= 11 is 0. The summed E-state index contributed by atoms with van der Waals surface area (Å²) in [7, 11) is -3.00. The third kappa shape index (κ3) is 6.74. The highest BCUT2D eigenvalue weighted by atomic mass is 32.2. The van der Waals surface area contributed by atoms with E-state index in [4.69, 9.17) is 14.2 Å². The first kappa shape index (κ1) is 26.3. The van der Waals surface area contributed by atoms with Crippen LogP contribution < -0.4 is 14.8 Å². The van der Waals surface area contributed by atoms with E-state index in [2.05, 4.69) is 30.4 Å². The second kappa shape index (κ2) is 11.2. The highest BCUT2D eigenvalue weighted by Gasteiger charge is 2.31. The molecule has 1 aliphatic heterocycles. The largest absolute Gasteiger partial charge is 0.494 e. The summed E-state index contributed by atoms with van der Waals surface area (Å²) in [6.45, 7) is 4.03. The molecule has 0 atom stereocenters. The van der Waals surface area contributed by atoms with Crippen LogP contribution in [0.25, 0.3) is 11.1 Å². The molecule has 0 unspecified atom stereocenters. The number of carbonyl (C=O) groups is 1. The van der Waals surface area contributed by atoms with Gasteiger partial charge in [0.1, 0.15) is 21.3 Å². The number of fused-ring (bicyclic) bond motifs is 3. The van der Waals surface area contributed by atoms with Crippen molar-refractivity contribution in [1.29, 1.82) is 0 Å². The van der Waals surface area contributed by atoms with Gasteiger partial charge in [0.25, 0.3) is 0 Å². The first-order valence-corrected chi connectivity index (χ1v) is 15.0. The van der Waals surface area contributed by atoms with Crippen LogP contribution in [-0.2, 0) is 39.1 Å². The number of hydrogen-bond donors (Lipinski definition) is 1. The zero-order valence-electron chi connectivity index (χ0n) is 21.8. The van der Waals surface area contributed by atoms with Crippen LogP contribution in [-0.4, -0.2) is 33.0 Å². The average molecular weight is 536 g/mol. The molecule has 3 aromatic rings. The lowest BCUT2D eigenvalue weighted by Gasteiger charge is -2.16. The van der Waals surface area contributed by atoms with Gasteiger partial charge in [-0.15, -0.1) is 0 Å². The van der Waals surface area contributed by atoms with Crippen LogP contribution in [0.2, 0.25) is 0 Å². The summed E-state index contributed by atoms with van der Waals surface area (Å²) in [5, 5.41) is 3.44. The van der Waals surface area contributed by atoms with Gasteiger partial charge in [0, 0.05) is 24.6 Å². The molecule has 0 radical (unpaired) electrons. The molecule has 1 fully saturated rings. The van der Waals surface area contributed by atoms with Crippen molar-refractivity contribution in [3.8, 4) is 22.6 Å². The highest BCUT2D eigenvalue weighted by Crippen LogP contribution is 2.37. The maximum absolute atomic E-state index is 12.0. The third-order valence-corrected chi connectivity index (χ3v) is 7.77. The van der Waals surface area contributed by atoms with Crippen LogP contribution in [0, 0.1) is 12.8 Å². The third-order valence-electron chi connectivity index (χ3n) is 6.74. The van der Waals surface area contributed by atoms with E-state index >= 15 is 0 Å². The quantitative estimate of drug-likeness (QED) is 0.210. The number of benzene rings is 3. The van der Waals surface area contributed by atoms with Crippen molar-refractivity contribution >= 4 is 21.5 Å². The Balaban J connectivity index is 1.30. The number of aryl methyl sites for hydroxylation is 1. The monoisotopic (exact) mass is 535 g/mol. The minimum atomic E-state index is -3.00. The van der Waals surface area contributed by atoms with Crippen LogP contribution in [0.5, 0.6) is 11.5 Å². The minimum Gasteiger partial charge on any atom is -0.494 e. The highest BCUT2D eigenvalue weighted by molar-refractivity contribution is 7.90. The maximum atomic E-state index is 12.0. The zero-order valence-corrected chi connectivity index (χ0v) is 22.6. The van der Waals surface area contributed by atoms with E-state index in [0.29, 0.717) is 38.5 Å². The summed E-state index contributed by atoms with van der Waals surface area (Å²) in [5.74, 6) is 1.31. The van der Waals surface area contributed by atoms with Gasteiger partial charge in [0.2, 0.25) is 0 Å². The van der Waals surface area contributed by atoms with Gasteiger partial charge < -0.3 is 19.5 Å². The maximum Gasteiger partial charge on any atom is 0.314 e. The fraction of sp³-hybridized carbons (Fsp3) is 0.367. The van der Waals surface area contributed by atoms with Crippen molar-refractivity contribution in [2.45, 2.75) is 45.9 Å². The second-order valence-corrected chi connectivity index (χ2v) is 12.4. The lowest BCUT2D eigenvalue weighted by molar-refractivity contribution is -0.135. The Morgan fingerprint density at radius 1 is 1.03 bits per heavy atom.